The van der Waals surface area contributed by atoms with Crippen LogP contribution in [0.2, 0.25) is 0 Å². The summed E-state index contributed by atoms with van der Waals surface area (Å²) >= 11 is 0. The predicted molar refractivity (Wildman–Crippen MR) is 102 cm³/mol. The molecule has 0 spiro atoms. The first kappa shape index (κ1) is 17.5. The van der Waals surface area contributed by atoms with Crippen molar-refractivity contribution >= 4 is 0 Å². The van der Waals surface area contributed by atoms with Crippen LogP contribution >= 0.6 is 0 Å². The summed E-state index contributed by atoms with van der Waals surface area (Å²) in [5, 5.41) is 0. The van der Waals surface area contributed by atoms with Crippen LogP contribution in [-0.4, -0.2) is 32.9 Å². The summed E-state index contributed by atoms with van der Waals surface area (Å²) in [5.41, 5.74) is 2.49. The van der Waals surface area contributed by atoms with E-state index in [0.717, 1.165) is 49.3 Å². The van der Waals surface area contributed by atoms with Gasteiger partial charge in [0.15, 0.2) is 0 Å². The summed E-state index contributed by atoms with van der Waals surface area (Å²) in [4.78, 5) is 26.0. The topological polar surface area (TPSA) is 61.9 Å². The van der Waals surface area contributed by atoms with Crippen molar-refractivity contribution < 1.29 is 4.39 Å². The van der Waals surface area contributed by atoms with Crippen molar-refractivity contribution in [3.63, 3.8) is 0 Å². The summed E-state index contributed by atoms with van der Waals surface area (Å²) in [5.74, 6) is 0.622. The zero-order valence-corrected chi connectivity index (χ0v) is 14.9. The van der Waals surface area contributed by atoms with E-state index in [1.165, 1.54) is 6.07 Å². The Hall–Kier alpha value is -2.86. The number of aromatic nitrogens is 3. The molecule has 0 amide bonds. The fraction of sp³-hybridized carbons (Fsp3) is 0.286. The van der Waals surface area contributed by atoms with Crippen molar-refractivity contribution in [2.45, 2.75) is 25.3 Å². The molecule has 1 aliphatic rings. The molecular formula is C21H21FN4O. The van der Waals surface area contributed by atoms with Gasteiger partial charge in [-0.05, 0) is 55.8 Å². The molecule has 3 heterocycles. The first-order valence-corrected chi connectivity index (χ1v) is 9.16. The summed E-state index contributed by atoms with van der Waals surface area (Å²) in [6.07, 6.45) is 5.25. The molecule has 5 nitrogen and oxygen atoms in total. The first-order valence-electron chi connectivity index (χ1n) is 9.16. The third kappa shape index (κ3) is 4.28. The molecule has 0 unspecified atom stereocenters. The number of H-pyrrole nitrogens is 1. The fourth-order valence-electron chi connectivity index (χ4n) is 3.61. The highest BCUT2D eigenvalue weighted by Gasteiger charge is 2.22. The molecular weight excluding hydrogens is 343 g/mol. The molecule has 1 aliphatic heterocycles. The molecule has 0 saturated carbocycles. The van der Waals surface area contributed by atoms with E-state index in [1.807, 2.05) is 18.2 Å². The van der Waals surface area contributed by atoms with E-state index < -0.39 is 0 Å². The number of halogens is 1. The molecule has 0 radical (unpaired) electrons. The lowest BCUT2D eigenvalue weighted by Gasteiger charge is -2.31. The second-order valence-electron chi connectivity index (χ2n) is 6.94. The lowest BCUT2D eigenvalue weighted by atomic mass is 9.93. The standard InChI is InChI=1S/C21H21FN4O/c22-18-5-1-3-15(11-18)14-26-9-6-16(7-10-26)19-12-20(27)25-21(24-19)17-4-2-8-23-13-17/h1-5,8,11-13,16H,6-7,9-10,14H2,(H,24,25,27). The van der Waals surface area contributed by atoms with Crippen molar-refractivity contribution in [3.8, 4) is 11.4 Å². The van der Waals surface area contributed by atoms with Gasteiger partial charge in [0.1, 0.15) is 11.6 Å². The maximum atomic E-state index is 13.4. The molecule has 1 fully saturated rings. The van der Waals surface area contributed by atoms with Crippen molar-refractivity contribution in [1.29, 1.82) is 0 Å². The molecule has 138 valence electrons. The van der Waals surface area contributed by atoms with E-state index in [4.69, 9.17) is 0 Å². The average molecular weight is 364 g/mol. The van der Waals surface area contributed by atoms with Crippen molar-refractivity contribution in [2.75, 3.05) is 13.1 Å². The highest BCUT2D eigenvalue weighted by atomic mass is 19.1. The van der Waals surface area contributed by atoms with Crippen LogP contribution in [0, 0.1) is 5.82 Å². The minimum Gasteiger partial charge on any atom is -0.306 e. The molecule has 2 aromatic heterocycles. The van der Waals surface area contributed by atoms with Gasteiger partial charge in [0, 0.05) is 36.5 Å². The van der Waals surface area contributed by atoms with Crippen LogP contribution in [0.3, 0.4) is 0 Å². The Morgan fingerprint density at radius 1 is 1.15 bits per heavy atom. The Morgan fingerprint density at radius 3 is 2.74 bits per heavy atom. The third-order valence-electron chi connectivity index (χ3n) is 5.00. The minimum atomic E-state index is -0.196. The number of nitrogens with one attached hydrogen (secondary N) is 1. The molecule has 4 rings (SSSR count). The van der Waals surface area contributed by atoms with Crippen LogP contribution in [0.5, 0.6) is 0 Å². The highest BCUT2D eigenvalue weighted by molar-refractivity contribution is 5.52. The van der Waals surface area contributed by atoms with Gasteiger partial charge in [-0.15, -0.1) is 0 Å². The van der Waals surface area contributed by atoms with Gasteiger partial charge in [-0.1, -0.05) is 12.1 Å². The second kappa shape index (κ2) is 7.80. The van der Waals surface area contributed by atoms with E-state index >= 15 is 0 Å². The van der Waals surface area contributed by atoms with E-state index in [9.17, 15) is 9.18 Å². The summed E-state index contributed by atoms with van der Waals surface area (Å²) in [6, 6.07) is 12.1. The molecule has 0 atom stereocenters. The molecule has 27 heavy (non-hydrogen) atoms. The maximum Gasteiger partial charge on any atom is 0.251 e. The highest BCUT2D eigenvalue weighted by Crippen LogP contribution is 2.27. The Balaban J connectivity index is 1.45. The minimum absolute atomic E-state index is 0.138. The van der Waals surface area contributed by atoms with Crippen molar-refractivity contribution in [1.82, 2.24) is 19.9 Å². The van der Waals surface area contributed by atoms with Gasteiger partial charge in [-0.3, -0.25) is 14.7 Å². The van der Waals surface area contributed by atoms with Crippen LogP contribution in [0.1, 0.15) is 30.0 Å². The number of hydrogen-bond acceptors (Lipinski definition) is 4. The van der Waals surface area contributed by atoms with E-state index in [1.54, 1.807) is 30.6 Å². The largest absolute Gasteiger partial charge is 0.306 e. The Labute approximate surface area is 156 Å². The molecule has 1 N–H and O–H groups in total. The Morgan fingerprint density at radius 2 is 2.00 bits per heavy atom. The normalized spacial score (nSPS) is 15.7. The number of hydrogen-bond donors (Lipinski definition) is 1. The quantitative estimate of drug-likeness (QED) is 0.771. The smallest absolute Gasteiger partial charge is 0.251 e. The number of nitrogens with zero attached hydrogens (tertiary/aromatic N) is 3. The molecule has 1 aromatic carbocycles. The summed E-state index contributed by atoms with van der Waals surface area (Å²) in [6.45, 7) is 2.55. The number of aromatic amines is 1. The molecule has 0 aliphatic carbocycles. The summed E-state index contributed by atoms with van der Waals surface area (Å²) in [7, 11) is 0. The molecule has 6 heteroatoms. The van der Waals surface area contributed by atoms with E-state index in [-0.39, 0.29) is 17.3 Å². The lowest BCUT2D eigenvalue weighted by molar-refractivity contribution is 0.203. The van der Waals surface area contributed by atoms with Crippen molar-refractivity contribution in [2.24, 2.45) is 0 Å². The zero-order chi connectivity index (χ0) is 18.6. The second-order valence-corrected chi connectivity index (χ2v) is 6.94. The number of rotatable bonds is 4. The number of pyridine rings is 1. The Bertz CT molecular complexity index is 965. The van der Waals surface area contributed by atoms with Gasteiger partial charge < -0.3 is 4.98 Å². The van der Waals surface area contributed by atoms with Crippen LogP contribution in [0.4, 0.5) is 4.39 Å². The zero-order valence-electron chi connectivity index (χ0n) is 14.9. The number of benzene rings is 1. The van der Waals surface area contributed by atoms with E-state index in [2.05, 4.69) is 19.9 Å². The molecule has 1 saturated heterocycles. The van der Waals surface area contributed by atoms with Crippen LogP contribution in [-0.2, 0) is 6.54 Å². The number of likely N-dealkylation sites (tertiary alicyclic amines) is 1. The van der Waals surface area contributed by atoms with E-state index in [0.29, 0.717) is 5.82 Å². The molecule has 3 aromatic rings. The first-order chi connectivity index (χ1) is 13.2. The van der Waals surface area contributed by atoms with Crippen LogP contribution in [0.25, 0.3) is 11.4 Å². The van der Waals surface area contributed by atoms with Gasteiger partial charge in [-0.2, -0.15) is 0 Å². The van der Waals surface area contributed by atoms with Gasteiger partial charge in [0.2, 0.25) is 0 Å². The monoisotopic (exact) mass is 364 g/mol. The van der Waals surface area contributed by atoms with Gasteiger partial charge in [-0.25, -0.2) is 9.37 Å². The van der Waals surface area contributed by atoms with Gasteiger partial charge >= 0.3 is 0 Å². The maximum absolute atomic E-state index is 13.4. The lowest BCUT2D eigenvalue weighted by Crippen LogP contribution is -2.33. The third-order valence-corrected chi connectivity index (χ3v) is 5.00. The summed E-state index contributed by atoms with van der Waals surface area (Å²) < 4.78 is 13.4. The van der Waals surface area contributed by atoms with Crippen LogP contribution in [0.15, 0.2) is 59.7 Å². The van der Waals surface area contributed by atoms with Crippen molar-refractivity contribution in [3.05, 3.63) is 82.3 Å². The van der Waals surface area contributed by atoms with Gasteiger partial charge in [0.05, 0.1) is 5.69 Å². The number of piperidine rings is 1. The SMILES string of the molecule is O=c1cc(C2CCN(Cc3cccc(F)c3)CC2)nc(-c2cccnc2)[nH]1. The van der Waals surface area contributed by atoms with Gasteiger partial charge in [0.25, 0.3) is 5.56 Å². The predicted octanol–water partition coefficient (Wildman–Crippen LogP) is 3.35. The Kier molecular flexibility index (Phi) is 5.07. The molecule has 0 bridgehead atoms. The average Bonchev–Trinajstić information content (AvgIpc) is 2.69. The fourth-order valence-corrected chi connectivity index (χ4v) is 3.61. The van der Waals surface area contributed by atoms with Crippen LogP contribution < -0.4 is 5.56 Å².